The Morgan fingerprint density at radius 3 is 2.06 bits per heavy atom. The Labute approximate surface area is 402 Å². The Kier molecular flexibility index (Phi) is 28.4. The zero-order valence-electron chi connectivity index (χ0n) is 39.9. The van der Waals surface area contributed by atoms with Crippen molar-refractivity contribution in [3.05, 3.63) is 36.0 Å². The van der Waals surface area contributed by atoms with E-state index in [1.165, 1.54) is 0 Å². The Hall–Kier alpha value is -4.98. The van der Waals surface area contributed by atoms with Crippen LogP contribution in [-0.2, 0) is 70.2 Å². The lowest BCUT2D eigenvalue weighted by Crippen LogP contribution is -2.68. The van der Waals surface area contributed by atoms with Gasteiger partial charge in [-0.25, -0.2) is 9.48 Å². The maximum absolute atomic E-state index is 13.2. The first-order valence-electron chi connectivity index (χ1n) is 23.8. The number of aliphatic carboxylic acids is 1. The molecule has 0 saturated carbocycles. The summed E-state index contributed by atoms with van der Waals surface area (Å²) in [4.78, 5) is 74.1. The average Bonchev–Trinajstić information content (AvgIpc) is 3.82. The highest BCUT2D eigenvalue weighted by Gasteiger charge is 2.56. The van der Waals surface area contributed by atoms with E-state index in [-0.39, 0.29) is 24.8 Å². The molecule has 0 spiro atoms. The predicted molar refractivity (Wildman–Crippen MR) is 246 cm³/mol. The second-order valence-corrected chi connectivity index (χ2v) is 16.4. The van der Waals surface area contributed by atoms with Gasteiger partial charge in [-0.15, -0.1) is 5.10 Å². The van der Waals surface area contributed by atoms with Gasteiger partial charge in [-0.2, -0.15) is 0 Å². The number of aromatic nitrogens is 3. The topological polar surface area (TPSA) is 318 Å². The number of Topliss-reactive ketones (excluding diaryl/α,β-unsaturated/α-hetero) is 1. The highest BCUT2D eigenvalue weighted by atomic mass is 16.7. The minimum atomic E-state index is -2.50. The molecule has 23 heteroatoms. The highest BCUT2D eigenvalue weighted by Crippen LogP contribution is 2.33. The van der Waals surface area contributed by atoms with E-state index in [1.54, 1.807) is 35.1 Å². The summed E-state index contributed by atoms with van der Waals surface area (Å²) in [6.07, 6.45) is 1.09. The molecule has 0 unspecified atom stereocenters. The summed E-state index contributed by atoms with van der Waals surface area (Å²) in [5, 5.41) is 60.4. The van der Waals surface area contributed by atoms with Crippen LogP contribution in [0, 0.1) is 0 Å². The Morgan fingerprint density at radius 2 is 1.41 bits per heavy atom. The molecule has 3 rings (SSSR count). The lowest BCUT2D eigenvalue weighted by Gasteiger charge is -2.45. The Bertz CT molecular complexity index is 1840. The molecule has 0 bridgehead atoms. The van der Waals surface area contributed by atoms with Gasteiger partial charge in [0.05, 0.1) is 97.3 Å². The number of nitrogens with one attached hydrogen (secondary N) is 4. The number of benzene rings is 1. The van der Waals surface area contributed by atoms with Gasteiger partial charge >= 0.3 is 5.97 Å². The molecule has 23 nitrogen and oxygen atoms in total. The number of unbranched alkanes of at least 4 members (excludes halogenated alkanes) is 4. The van der Waals surface area contributed by atoms with Crippen molar-refractivity contribution in [2.75, 3.05) is 85.7 Å². The normalized spacial score (nSPS) is 18.3. The monoisotopic (exact) mass is 980 g/mol. The zero-order valence-corrected chi connectivity index (χ0v) is 39.9. The van der Waals surface area contributed by atoms with Gasteiger partial charge in [0.2, 0.25) is 23.6 Å². The lowest BCUT2D eigenvalue weighted by atomic mass is 9.88. The second kappa shape index (κ2) is 33.5. The van der Waals surface area contributed by atoms with Gasteiger partial charge in [-0.3, -0.25) is 24.0 Å². The molecule has 69 heavy (non-hydrogen) atoms. The van der Waals surface area contributed by atoms with Crippen LogP contribution >= 0.6 is 0 Å². The van der Waals surface area contributed by atoms with Crippen molar-refractivity contribution in [3.8, 4) is 11.3 Å². The van der Waals surface area contributed by atoms with Gasteiger partial charge in [0.25, 0.3) is 5.79 Å². The van der Waals surface area contributed by atoms with Gasteiger partial charge in [0.15, 0.2) is 5.78 Å². The number of aliphatic hydroxyl groups is 3. The molecule has 1 aromatic heterocycles. The third-order valence-corrected chi connectivity index (χ3v) is 10.7. The number of nitrogens with zero attached hydrogens (tertiary/aromatic N) is 3. The molecule has 1 saturated heterocycles. The summed E-state index contributed by atoms with van der Waals surface area (Å²) in [5.41, 5.74) is 1.92. The van der Waals surface area contributed by atoms with E-state index >= 15 is 0 Å². The van der Waals surface area contributed by atoms with E-state index in [9.17, 15) is 49.2 Å². The fourth-order valence-electron chi connectivity index (χ4n) is 6.89. The van der Waals surface area contributed by atoms with Crippen molar-refractivity contribution in [2.24, 2.45) is 0 Å². The van der Waals surface area contributed by atoms with E-state index in [4.69, 9.17) is 28.4 Å². The van der Waals surface area contributed by atoms with E-state index in [1.807, 2.05) is 13.8 Å². The molecule has 0 aliphatic carbocycles. The molecule has 1 aliphatic rings. The van der Waals surface area contributed by atoms with E-state index in [0.717, 1.165) is 24.8 Å². The van der Waals surface area contributed by atoms with Crippen LogP contribution in [-0.4, -0.2) is 187 Å². The van der Waals surface area contributed by atoms with Crippen LogP contribution in [0.4, 0.5) is 0 Å². The molecule has 2 heterocycles. The standard InChI is InChI=1S/C46H73N7O16/c1-3-5-10-38(57)48-17-8-6-7-9-19-68-46(45(62)63)29-36(55)42(50-41(60)32-54)44(69-46)43(61)37(56)30-49-40(59)28-33-11-13-34(14-12-33)35-31-53(52-51-35)18-21-65-23-25-67-27-26-66-24-22-64-20-15-39(58)47-16-4-2/h11-14,31,36,42-44,54-55,61H,3-10,15-30,32H2,1-2H3,(H,47,58)(H,48,57)(H,49,59)(H,50,60)(H,62,63)/t36-,42+,43+,44+,46+/m0/s1. The third kappa shape index (κ3) is 22.5. The molecule has 5 atom stereocenters. The van der Waals surface area contributed by atoms with Gasteiger partial charge in [0.1, 0.15) is 24.5 Å². The molecular formula is C46H73N7O16. The van der Waals surface area contributed by atoms with Crippen molar-refractivity contribution in [1.82, 2.24) is 36.3 Å². The fourth-order valence-corrected chi connectivity index (χ4v) is 6.89. The summed E-state index contributed by atoms with van der Waals surface area (Å²) < 4.78 is 35.0. The van der Waals surface area contributed by atoms with Crippen molar-refractivity contribution in [3.63, 3.8) is 0 Å². The Balaban J connectivity index is 1.38. The average molecular weight is 980 g/mol. The molecule has 4 amide bonds. The summed E-state index contributed by atoms with van der Waals surface area (Å²) >= 11 is 0. The van der Waals surface area contributed by atoms with Gasteiger partial charge in [0, 0.05) is 37.9 Å². The summed E-state index contributed by atoms with van der Waals surface area (Å²) in [5.74, 6) is -6.74. The number of ketones is 1. The maximum atomic E-state index is 13.2. The number of carbonyl (C=O) groups excluding carboxylic acids is 5. The zero-order chi connectivity index (χ0) is 50.3. The molecule has 388 valence electrons. The van der Waals surface area contributed by atoms with Crippen LogP contribution < -0.4 is 21.3 Å². The summed E-state index contributed by atoms with van der Waals surface area (Å²) in [6.45, 7) is 6.91. The highest BCUT2D eigenvalue weighted by molar-refractivity contribution is 5.90. The fraction of sp³-hybridized carbons (Fsp3) is 0.696. The predicted octanol–water partition coefficient (Wildman–Crippen LogP) is -0.192. The lowest BCUT2D eigenvalue weighted by molar-refractivity contribution is -0.304. The van der Waals surface area contributed by atoms with Crippen LogP contribution in [0.5, 0.6) is 0 Å². The van der Waals surface area contributed by atoms with Crippen LogP contribution in [0.2, 0.25) is 0 Å². The number of hydrogen-bond acceptors (Lipinski definition) is 17. The van der Waals surface area contributed by atoms with Crippen molar-refractivity contribution in [2.45, 2.75) is 121 Å². The molecule has 1 fully saturated rings. The SMILES string of the molecule is CCCCC(=O)NCCCCCCO[C@]1(C(=O)O)C[C@H](O)[C@@H](NC(=O)CO)[C@H]([C@H](O)C(=O)CNC(=O)Cc2ccc(-c3cn(CCOCCOCCOCCOCCC(=O)NCCC)nn3)cc2)O1. The summed E-state index contributed by atoms with van der Waals surface area (Å²) in [6, 6.07) is 5.39. The van der Waals surface area contributed by atoms with Crippen LogP contribution in [0.1, 0.15) is 83.6 Å². The molecule has 0 radical (unpaired) electrons. The van der Waals surface area contributed by atoms with Crippen LogP contribution in [0.3, 0.4) is 0 Å². The van der Waals surface area contributed by atoms with Crippen molar-refractivity contribution >= 4 is 35.4 Å². The number of ether oxygens (including phenoxy) is 6. The van der Waals surface area contributed by atoms with Gasteiger partial charge < -0.3 is 70.1 Å². The molecule has 8 N–H and O–H groups in total. The maximum Gasteiger partial charge on any atom is 0.364 e. The number of rotatable bonds is 38. The first-order chi connectivity index (χ1) is 33.3. The first kappa shape index (κ1) is 58.3. The number of aliphatic hydroxyl groups excluding tert-OH is 3. The summed E-state index contributed by atoms with van der Waals surface area (Å²) in [7, 11) is 0. The third-order valence-electron chi connectivity index (χ3n) is 10.7. The van der Waals surface area contributed by atoms with E-state index in [0.29, 0.717) is 122 Å². The van der Waals surface area contributed by atoms with Gasteiger partial charge in [-0.05, 0) is 31.2 Å². The largest absolute Gasteiger partial charge is 0.477 e. The molecular weight excluding hydrogens is 907 g/mol. The van der Waals surface area contributed by atoms with E-state index in [2.05, 4.69) is 31.6 Å². The second-order valence-electron chi connectivity index (χ2n) is 16.4. The number of carbonyl (C=O) groups is 6. The first-order valence-corrected chi connectivity index (χ1v) is 23.8. The minimum Gasteiger partial charge on any atom is -0.477 e. The number of hydrogen-bond donors (Lipinski definition) is 8. The number of carboxylic acids is 1. The molecule has 1 aromatic carbocycles. The minimum absolute atomic E-state index is 0.00954. The van der Waals surface area contributed by atoms with Crippen LogP contribution in [0.25, 0.3) is 11.3 Å². The smallest absolute Gasteiger partial charge is 0.364 e. The number of amides is 4. The van der Waals surface area contributed by atoms with Crippen LogP contribution in [0.15, 0.2) is 30.5 Å². The molecule has 2 aromatic rings. The van der Waals surface area contributed by atoms with Gasteiger partial charge in [-0.1, -0.05) is 62.6 Å². The quantitative estimate of drug-likeness (QED) is 0.0404. The van der Waals surface area contributed by atoms with Crippen molar-refractivity contribution in [1.29, 1.82) is 0 Å². The number of carboxylic acid groups (broad SMARTS) is 1. The van der Waals surface area contributed by atoms with E-state index < -0.39 is 73.3 Å². The Morgan fingerprint density at radius 1 is 0.768 bits per heavy atom. The molecule has 1 aliphatic heterocycles. The van der Waals surface area contributed by atoms with Crippen molar-refractivity contribution < 1.29 is 77.6 Å².